The summed E-state index contributed by atoms with van der Waals surface area (Å²) in [4.78, 5) is 33.6. The molecule has 0 bridgehead atoms. The zero-order valence-electron chi connectivity index (χ0n) is 8.60. The van der Waals surface area contributed by atoms with Gasteiger partial charge in [-0.2, -0.15) is 0 Å². The molecule has 0 aromatic heterocycles. The summed E-state index contributed by atoms with van der Waals surface area (Å²) in [5.74, 6) is -0.769. The molecule has 0 N–H and O–H groups in total. The molecular formula is C13H6O4. The molecule has 1 aliphatic heterocycles. The van der Waals surface area contributed by atoms with Crippen LogP contribution in [-0.2, 0) is 9.59 Å². The molecule has 82 valence electrons. The molecule has 0 spiro atoms. The zero-order chi connectivity index (χ0) is 12.0. The Morgan fingerprint density at radius 2 is 1.65 bits per heavy atom. The van der Waals surface area contributed by atoms with Gasteiger partial charge in [0.15, 0.2) is 5.43 Å². The second kappa shape index (κ2) is 3.25. The number of ketones is 2. The summed E-state index contributed by atoms with van der Waals surface area (Å²) >= 11 is 0. The third-order valence-electron chi connectivity index (χ3n) is 2.59. The summed E-state index contributed by atoms with van der Waals surface area (Å²) in [6.45, 7) is 0. The molecule has 4 nitrogen and oxygen atoms in total. The van der Waals surface area contributed by atoms with E-state index in [0.29, 0.717) is 16.4 Å². The second-order valence-electron chi connectivity index (χ2n) is 3.78. The van der Waals surface area contributed by atoms with Crippen molar-refractivity contribution < 1.29 is 14.0 Å². The third-order valence-corrected chi connectivity index (χ3v) is 2.59. The number of hydrogen-bond acceptors (Lipinski definition) is 4. The van der Waals surface area contributed by atoms with E-state index in [2.05, 4.69) is 0 Å². The average Bonchev–Trinajstić information content (AvgIpc) is 2.28. The molecule has 0 saturated carbocycles. The molecule has 2 aliphatic carbocycles. The van der Waals surface area contributed by atoms with Crippen LogP contribution in [0.25, 0.3) is 23.5 Å². The van der Waals surface area contributed by atoms with Gasteiger partial charge in [0.2, 0.25) is 11.6 Å². The monoisotopic (exact) mass is 226 g/mol. The molecule has 0 aromatic rings. The number of fused-ring (bicyclic) bond motifs is 2. The van der Waals surface area contributed by atoms with E-state index in [4.69, 9.17) is 4.42 Å². The van der Waals surface area contributed by atoms with Crippen LogP contribution in [0.15, 0.2) is 33.5 Å². The Bertz CT molecular complexity index is 795. The van der Waals surface area contributed by atoms with Crippen LogP contribution < -0.4 is 16.1 Å². The van der Waals surface area contributed by atoms with Gasteiger partial charge in [0, 0.05) is 29.0 Å². The van der Waals surface area contributed by atoms with Crippen molar-refractivity contribution in [2.24, 2.45) is 0 Å². The van der Waals surface area contributed by atoms with Crippen LogP contribution in [0.4, 0.5) is 0 Å². The zero-order valence-corrected chi connectivity index (χ0v) is 8.60. The van der Waals surface area contributed by atoms with Gasteiger partial charge in [0.05, 0.1) is 0 Å². The first-order chi connectivity index (χ1) is 8.13. The predicted molar refractivity (Wildman–Crippen MR) is 59.8 cm³/mol. The summed E-state index contributed by atoms with van der Waals surface area (Å²) in [5.41, 5.74) is 0.867. The van der Waals surface area contributed by atoms with Crippen LogP contribution in [0.5, 0.6) is 0 Å². The average molecular weight is 226 g/mol. The molecule has 0 unspecified atom stereocenters. The smallest absolute Gasteiger partial charge is 0.229 e. The van der Waals surface area contributed by atoms with E-state index in [1.54, 1.807) is 12.1 Å². The minimum Gasteiger partial charge on any atom is -0.456 e. The highest BCUT2D eigenvalue weighted by Gasteiger charge is 2.14. The summed E-state index contributed by atoms with van der Waals surface area (Å²) < 4.78 is 5.42. The lowest BCUT2D eigenvalue weighted by Gasteiger charge is -2.05. The topological polar surface area (TPSA) is 64.3 Å². The summed E-state index contributed by atoms with van der Waals surface area (Å²) in [7, 11) is 0. The standard InChI is InChI=1S/C13H6O4/c14-9-2-1-7-3-8-4-10(15)11(16)6-13(8)17-12(7)5-9/h1-6H. The molecule has 0 amide bonds. The maximum atomic E-state index is 11.2. The summed E-state index contributed by atoms with van der Waals surface area (Å²) in [6, 6.07) is 6.11. The van der Waals surface area contributed by atoms with Gasteiger partial charge in [-0.15, -0.1) is 0 Å². The van der Waals surface area contributed by atoms with Gasteiger partial charge in [-0.1, -0.05) is 0 Å². The summed E-state index contributed by atoms with van der Waals surface area (Å²) in [5, 5.41) is 0.556. The molecular weight excluding hydrogens is 220 g/mol. The molecule has 0 aromatic carbocycles. The molecule has 0 saturated heterocycles. The van der Waals surface area contributed by atoms with E-state index < -0.39 is 11.6 Å². The van der Waals surface area contributed by atoms with Gasteiger partial charge in [-0.3, -0.25) is 14.4 Å². The van der Waals surface area contributed by atoms with Gasteiger partial charge < -0.3 is 4.42 Å². The van der Waals surface area contributed by atoms with Gasteiger partial charge in [-0.05, 0) is 18.2 Å². The van der Waals surface area contributed by atoms with Gasteiger partial charge in [0.25, 0.3) is 0 Å². The first kappa shape index (κ1) is 9.72. The van der Waals surface area contributed by atoms with E-state index in [0.717, 1.165) is 11.6 Å². The molecule has 4 heteroatoms. The largest absolute Gasteiger partial charge is 0.456 e. The van der Waals surface area contributed by atoms with Gasteiger partial charge in [0.1, 0.15) is 11.2 Å². The Morgan fingerprint density at radius 3 is 2.47 bits per heavy atom. The number of carbonyl (C=O) groups excluding carboxylic acids is 2. The number of carbonyl (C=O) groups is 2. The van der Waals surface area contributed by atoms with Crippen LogP contribution in [0.3, 0.4) is 0 Å². The minimum absolute atomic E-state index is 0.164. The van der Waals surface area contributed by atoms with E-state index in [1.165, 1.54) is 18.2 Å². The third kappa shape index (κ3) is 1.50. The van der Waals surface area contributed by atoms with E-state index in [1.807, 2.05) is 0 Å². The molecule has 17 heavy (non-hydrogen) atoms. The molecule has 0 fully saturated rings. The van der Waals surface area contributed by atoms with Gasteiger partial charge >= 0.3 is 0 Å². The summed E-state index contributed by atoms with van der Waals surface area (Å²) in [6.07, 6.45) is 2.39. The van der Waals surface area contributed by atoms with E-state index in [-0.39, 0.29) is 5.43 Å². The van der Waals surface area contributed by atoms with Crippen molar-refractivity contribution in [2.75, 3.05) is 0 Å². The maximum Gasteiger partial charge on any atom is 0.229 e. The number of rotatable bonds is 0. The Balaban J connectivity index is 2.48. The second-order valence-corrected chi connectivity index (χ2v) is 3.78. The Hall–Kier alpha value is -2.49. The lowest BCUT2D eigenvalue weighted by molar-refractivity contribution is -0.129. The first-order valence-corrected chi connectivity index (χ1v) is 4.99. The van der Waals surface area contributed by atoms with Crippen molar-refractivity contribution in [3.63, 3.8) is 0 Å². The van der Waals surface area contributed by atoms with Crippen LogP contribution >= 0.6 is 0 Å². The van der Waals surface area contributed by atoms with Crippen molar-refractivity contribution in [1.29, 1.82) is 0 Å². The number of Topliss-reactive ketones (excluding diaryl/α,β-unsaturated/α-hetero) is 2. The number of benzene rings is 1. The lowest BCUT2D eigenvalue weighted by atomic mass is 10.1. The van der Waals surface area contributed by atoms with Crippen LogP contribution in [0, 0.1) is 0 Å². The Labute approximate surface area is 94.8 Å². The van der Waals surface area contributed by atoms with Crippen molar-refractivity contribution >= 4 is 23.7 Å². The van der Waals surface area contributed by atoms with Crippen molar-refractivity contribution in [3.05, 3.63) is 45.1 Å². The van der Waals surface area contributed by atoms with Crippen LogP contribution in [0.2, 0.25) is 0 Å². The Kier molecular flexibility index (Phi) is 1.86. The van der Waals surface area contributed by atoms with Crippen LogP contribution in [-0.4, -0.2) is 11.6 Å². The van der Waals surface area contributed by atoms with Crippen molar-refractivity contribution in [1.82, 2.24) is 0 Å². The fraction of sp³-hybridized carbons (Fsp3) is 0. The molecule has 0 atom stereocenters. The van der Waals surface area contributed by atoms with Crippen molar-refractivity contribution in [3.8, 4) is 11.3 Å². The minimum atomic E-state index is -0.612. The lowest BCUT2D eigenvalue weighted by Crippen LogP contribution is -2.33. The SMILES string of the molecule is O=C1C=c2cc3ccc(=O)cc-3oc2=CC1=O. The van der Waals surface area contributed by atoms with Crippen LogP contribution in [0.1, 0.15) is 0 Å². The fourth-order valence-electron chi connectivity index (χ4n) is 1.77. The highest BCUT2D eigenvalue weighted by Crippen LogP contribution is 2.14. The fourth-order valence-corrected chi connectivity index (χ4v) is 1.77. The molecule has 1 heterocycles. The molecule has 0 radical (unpaired) electrons. The Morgan fingerprint density at radius 1 is 0.882 bits per heavy atom. The normalized spacial score (nSPS) is 14.1. The van der Waals surface area contributed by atoms with Crippen molar-refractivity contribution in [2.45, 2.75) is 0 Å². The predicted octanol–water partition coefficient (Wildman–Crippen LogP) is -0.543. The number of hydrogen-bond donors (Lipinski definition) is 0. The quantitative estimate of drug-likeness (QED) is 0.566. The molecule has 3 rings (SSSR count). The van der Waals surface area contributed by atoms with Gasteiger partial charge in [-0.25, -0.2) is 0 Å². The molecule has 3 aliphatic rings. The maximum absolute atomic E-state index is 11.2. The first-order valence-electron chi connectivity index (χ1n) is 4.99. The highest BCUT2D eigenvalue weighted by atomic mass is 16.3. The van der Waals surface area contributed by atoms with E-state index in [9.17, 15) is 14.4 Å². The highest BCUT2D eigenvalue weighted by molar-refractivity contribution is 6.57. The van der Waals surface area contributed by atoms with E-state index >= 15 is 0 Å².